The van der Waals surface area contributed by atoms with E-state index in [1.165, 1.54) is 46.5 Å². The Morgan fingerprint density at radius 3 is 2.08 bits per heavy atom. The zero-order valence-corrected chi connectivity index (χ0v) is 20.3. The molecule has 0 amide bonds. The summed E-state index contributed by atoms with van der Waals surface area (Å²) in [6, 6.07) is 25.9. The average molecular weight is 475 g/mol. The van der Waals surface area contributed by atoms with E-state index in [4.69, 9.17) is 9.97 Å². The summed E-state index contributed by atoms with van der Waals surface area (Å²) in [6.07, 6.45) is 1.77. The van der Waals surface area contributed by atoms with Crippen LogP contribution in [-0.4, -0.2) is 9.97 Å². The van der Waals surface area contributed by atoms with Crippen molar-refractivity contribution in [2.45, 2.75) is 26.2 Å². The highest BCUT2D eigenvalue weighted by molar-refractivity contribution is 5.84. The number of aromatic nitrogens is 2. The van der Waals surface area contributed by atoms with Crippen LogP contribution in [0.5, 0.6) is 0 Å². The maximum atomic E-state index is 13.8. The molecule has 0 radical (unpaired) electrons. The van der Waals surface area contributed by atoms with Gasteiger partial charge in [-0.2, -0.15) is 0 Å². The average Bonchev–Trinajstić information content (AvgIpc) is 3.11. The molecule has 5 aromatic rings. The van der Waals surface area contributed by atoms with Crippen molar-refractivity contribution < 1.29 is 8.78 Å². The van der Waals surface area contributed by atoms with Gasteiger partial charge in [-0.3, -0.25) is 4.98 Å². The largest absolute Gasteiger partial charge is 0.252 e. The topological polar surface area (TPSA) is 25.8 Å². The summed E-state index contributed by atoms with van der Waals surface area (Å²) < 4.78 is 27.5. The van der Waals surface area contributed by atoms with Gasteiger partial charge in [0.2, 0.25) is 0 Å². The van der Waals surface area contributed by atoms with E-state index in [0.717, 1.165) is 27.9 Å². The number of halogens is 2. The fraction of sp³-hybridized carbons (Fsp3) is 0.125. The van der Waals surface area contributed by atoms with Crippen molar-refractivity contribution in [3.8, 4) is 44.9 Å². The summed E-state index contributed by atoms with van der Waals surface area (Å²) in [6.45, 7) is 6.34. The van der Waals surface area contributed by atoms with Crippen LogP contribution < -0.4 is 0 Å². The molecule has 1 aliphatic carbocycles. The van der Waals surface area contributed by atoms with Crippen LogP contribution in [0, 0.1) is 18.6 Å². The molecular formula is C32H24F2N2. The van der Waals surface area contributed by atoms with Gasteiger partial charge in [0, 0.05) is 22.1 Å². The quantitative estimate of drug-likeness (QED) is 0.262. The standard InChI is InChI=1S/C32H24F2N2/c1-19-16-23(34)13-15-24(19)31-30(20-8-11-22(33)12-9-20)36-29(18-35-31)21-10-14-26-25-6-4-5-7-27(25)32(2,3)28(26)17-21/h4-18H,1-3H3. The molecule has 1 heterocycles. The third-order valence-electron chi connectivity index (χ3n) is 7.21. The first-order valence-corrected chi connectivity index (χ1v) is 12.0. The molecule has 0 saturated heterocycles. The highest BCUT2D eigenvalue weighted by Crippen LogP contribution is 2.49. The summed E-state index contributed by atoms with van der Waals surface area (Å²) >= 11 is 0. The van der Waals surface area contributed by atoms with E-state index in [1.807, 2.05) is 6.92 Å². The minimum absolute atomic E-state index is 0.125. The fourth-order valence-electron chi connectivity index (χ4n) is 5.29. The van der Waals surface area contributed by atoms with Crippen molar-refractivity contribution in [1.82, 2.24) is 9.97 Å². The Hall–Kier alpha value is -4.18. The van der Waals surface area contributed by atoms with Crippen molar-refractivity contribution in [1.29, 1.82) is 0 Å². The van der Waals surface area contributed by atoms with Gasteiger partial charge in [0.15, 0.2) is 0 Å². The van der Waals surface area contributed by atoms with Gasteiger partial charge in [0.1, 0.15) is 11.6 Å². The number of nitrogens with zero attached hydrogens (tertiary/aromatic N) is 2. The van der Waals surface area contributed by atoms with Gasteiger partial charge < -0.3 is 0 Å². The molecule has 1 aromatic heterocycles. The highest BCUT2D eigenvalue weighted by Gasteiger charge is 2.35. The molecule has 176 valence electrons. The van der Waals surface area contributed by atoms with E-state index in [0.29, 0.717) is 11.4 Å². The fourth-order valence-corrected chi connectivity index (χ4v) is 5.29. The van der Waals surface area contributed by atoms with E-state index in [-0.39, 0.29) is 17.0 Å². The zero-order valence-electron chi connectivity index (χ0n) is 20.3. The molecule has 0 bridgehead atoms. The van der Waals surface area contributed by atoms with Crippen LogP contribution in [0.25, 0.3) is 44.9 Å². The van der Waals surface area contributed by atoms with Crippen molar-refractivity contribution in [2.75, 3.05) is 0 Å². The monoisotopic (exact) mass is 474 g/mol. The minimum Gasteiger partial charge on any atom is -0.252 e. The Morgan fingerprint density at radius 1 is 0.639 bits per heavy atom. The van der Waals surface area contributed by atoms with Gasteiger partial charge >= 0.3 is 0 Å². The van der Waals surface area contributed by atoms with E-state index in [9.17, 15) is 8.78 Å². The molecule has 0 unspecified atom stereocenters. The predicted molar refractivity (Wildman–Crippen MR) is 141 cm³/mol. The molecule has 0 aliphatic heterocycles. The Bertz CT molecular complexity index is 1640. The van der Waals surface area contributed by atoms with E-state index >= 15 is 0 Å². The Morgan fingerprint density at radius 2 is 1.31 bits per heavy atom. The molecule has 0 atom stereocenters. The second-order valence-corrected chi connectivity index (χ2v) is 9.85. The molecule has 6 rings (SSSR count). The lowest BCUT2D eigenvalue weighted by Crippen LogP contribution is -2.14. The summed E-state index contributed by atoms with van der Waals surface area (Å²) in [5.74, 6) is -0.617. The summed E-state index contributed by atoms with van der Waals surface area (Å²) in [4.78, 5) is 9.83. The summed E-state index contributed by atoms with van der Waals surface area (Å²) in [5, 5.41) is 0. The SMILES string of the molecule is Cc1cc(F)ccc1-c1ncc(-c2ccc3c(c2)C(C)(C)c2ccccc2-3)nc1-c1ccc(F)cc1. The normalized spacial score (nSPS) is 13.4. The minimum atomic E-state index is -0.317. The number of benzene rings is 4. The van der Waals surface area contributed by atoms with Crippen LogP contribution in [0.15, 0.2) is 91.1 Å². The number of fused-ring (bicyclic) bond motifs is 3. The van der Waals surface area contributed by atoms with Crippen molar-refractivity contribution in [2.24, 2.45) is 0 Å². The smallest absolute Gasteiger partial charge is 0.123 e. The number of aryl methyl sites for hydroxylation is 1. The molecule has 4 heteroatoms. The van der Waals surface area contributed by atoms with Crippen molar-refractivity contribution >= 4 is 0 Å². The lowest BCUT2D eigenvalue weighted by molar-refractivity contribution is 0.626. The number of hydrogen-bond donors (Lipinski definition) is 0. The zero-order chi connectivity index (χ0) is 25.0. The van der Waals surface area contributed by atoms with Crippen LogP contribution in [0.2, 0.25) is 0 Å². The first-order chi connectivity index (χ1) is 17.3. The van der Waals surface area contributed by atoms with Crippen LogP contribution in [-0.2, 0) is 5.41 Å². The molecule has 0 N–H and O–H groups in total. The van der Waals surface area contributed by atoms with Gasteiger partial charge in [-0.05, 0) is 83.3 Å². The molecule has 0 saturated carbocycles. The second-order valence-electron chi connectivity index (χ2n) is 9.85. The van der Waals surface area contributed by atoms with E-state index < -0.39 is 0 Å². The second kappa shape index (κ2) is 8.20. The van der Waals surface area contributed by atoms with Crippen LogP contribution in [0.3, 0.4) is 0 Å². The maximum absolute atomic E-state index is 13.8. The number of rotatable bonds is 3. The van der Waals surface area contributed by atoms with Gasteiger partial charge in [-0.15, -0.1) is 0 Å². The van der Waals surface area contributed by atoms with E-state index in [2.05, 4.69) is 56.3 Å². The molecule has 0 fully saturated rings. The number of hydrogen-bond acceptors (Lipinski definition) is 2. The van der Waals surface area contributed by atoms with Gasteiger partial charge in [0.25, 0.3) is 0 Å². The lowest BCUT2D eigenvalue weighted by atomic mass is 9.82. The summed E-state index contributed by atoms with van der Waals surface area (Å²) in [7, 11) is 0. The van der Waals surface area contributed by atoms with Gasteiger partial charge in [-0.25, -0.2) is 13.8 Å². The molecular weight excluding hydrogens is 450 g/mol. The maximum Gasteiger partial charge on any atom is 0.123 e. The molecule has 36 heavy (non-hydrogen) atoms. The van der Waals surface area contributed by atoms with E-state index in [1.54, 1.807) is 24.4 Å². The van der Waals surface area contributed by atoms with Gasteiger partial charge in [0.05, 0.1) is 23.3 Å². The Kier molecular flexibility index (Phi) is 5.08. The van der Waals surface area contributed by atoms with Crippen LogP contribution in [0.4, 0.5) is 8.78 Å². The Balaban J connectivity index is 1.52. The molecule has 0 spiro atoms. The van der Waals surface area contributed by atoms with Crippen LogP contribution in [0.1, 0.15) is 30.5 Å². The molecule has 1 aliphatic rings. The third-order valence-corrected chi connectivity index (χ3v) is 7.21. The predicted octanol–water partition coefficient (Wildman–Crippen LogP) is 8.37. The van der Waals surface area contributed by atoms with Gasteiger partial charge in [-0.1, -0.05) is 50.2 Å². The lowest BCUT2D eigenvalue weighted by Gasteiger charge is -2.22. The van der Waals surface area contributed by atoms with Crippen molar-refractivity contribution in [3.05, 3.63) is 119 Å². The molecule has 2 nitrogen and oxygen atoms in total. The molecule has 4 aromatic carbocycles. The first-order valence-electron chi connectivity index (χ1n) is 12.0. The first kappa shape index (κ1) is 22.3. The van der Waals surface area contributed by atoms with Crippen LogP contribution >= 0.6 is 0 Å². The van der Waals surface area contributed by atoms with Crippen molar-refractivity contribution in [3.63, 3.8) is 0 Å². The Labute approximate surface area is 209 Å². The summed E-state index contributed by atoms with van der Waals surface area (Å²) in [5.41, 5.74) is 10.2. The third kappa shape index (κ3) is 3.53. The highest BCUT2D eigenvalue weighted by atomic mass is 19.1.